The SMILES string of the molecule is C=C(NO)c1coc2ccc(OC)cc12. The van der Waals surface area contributed by atoms with Crippen molar-refractivity contribution in [3.05, 3.63) is 36.6 Å². The first-order chi connectivity index (χ1) is 7.26. The number of nitrogens with one attached hydrogen (secondary N) is 1. The van der Waals surface area contributed by atoms with Crippen molar-refractivity contribution in [2.45, 2.75) is 0 Å². The first-order valence-electron chi connectivity index (χ1n) is 4.41. The normalized spacial score (nSPS) is 10.3. The number of hydrogen-bond acceptors (Lipinski definition) is 4. The van der Waals surface area contributed by atoms with Crippen LogP contribution in [0.25, 0.3) is 16.7 Å². The molecular formula is C11H11NO3. The van der Waals surface area contributed by atoms with Crippen LogP contribution in [0.4, 0.5) is 0 Å². The van der Waals surface area contributed by atoms with Gasteiger partial charge in [0.1, 0.15) is 17.6 Å². The van der Waals surface area contributed by atoms with Crippen molar-refractivity contribution in [3.8, 4) is 5.75 Å². The molecule has 2 rings (SSSR count). The van der Waals surface area contributed by atoms with Gasteiger partial charge in [0.15, 0.2) is 0 Å². The van der Waals surface area contributed by atoms with Crippen LogP contribution in [0.2, 0.25) is 0 Å². The topological polar surface area (TPSA) is 54.6 Å². The van der Waals surface area contributed by atoms with E-state index in [2.05, 4.69) is 6.58 Å². The summed E-state index contributed by atoms with van der Waals surface area (Å²) in [7, 11) is 1.60. The molecule has 1 aromatic carbocycles. The third-order valence-electron chi connectivity index (χ3n) is 2.24. The highest BCUT2D eigenvalue weighted by molar-refractivity contribution is 5.90. The molecule has 0 radical (unpaired) electrons. The van der Waals surface area contributed by atoms with Crippen molar-refractivity contribution in [1.82, 2.24) is 5.48 Å². The maximum Gasteiger partial charge on any atom is 0.134 e. The Balaban J connectivity index is 2.61. The fourth-order valence-electron chi connectivity index (χ4n) is 1.43. The van der Waals surface area contributed by atoms with Gasteiger partial charge < -0.3 is 9.15 Å². The van der Waals surface area contributed by atoms with E-state index in [1.807, 2.05) is 23.7 Å². The molecule has 0 spiro atoms. The van der Waals surface area contributed by atoms with Gasteiger partial charge in [-0.1, -0.05) is 6.58 Å². The lowest BCUT2D eigenvalue weighted by Crippen LogP contribution is -2.02. The highest BCUT2D eigenvalue weighted by atomic mass is 16.5. The molecule has 2 N–H and O–H groups in total. The van der Waals surface area contributed by atoms with Crippen molar-refractivity contribution < 1.29 is 14.4 Å². The molecule has 0 saturated carbocycles. The molecule has 78 valence electrons. The molecule has 15 heavy (non-hydrogen) atoms. The number of hydroxylamine groups is 1. The lowest BCUT2D eigenvalue weighted by Gasteiger charge is -2.02. The van der Waals surface area contributed by atoms with Crippen LogP contribution in [-0.4, -0.2) is 12.3 Å². The summed E-state index contributed by atoms with van der Waals surface area (Å²) < 4.78 is 10.4. The Labute approximate surface area is 86.7 Å². The smallest absolute Gasteiger partial charge is 0.134 e. The van der Waals surface area contributed by atoms with Crippen LogP contribution < -0.4 is 10.2 Å². The summed E-state index contributed by atoms with van der Waals surface area (Å²) in [6, 6.07) is 5.45. The summed E-state index contributed by atoms with van der Waals surface area (Å²) in [6.07, 6.45) is 1.54. The Hall–Kier alpha value is -1.94. The van der Waals surface area contributed by atoms with E-state index in [-0.39, 0.29) is 0 Å². The zero-order valence-corrected chi connectivity index (χ0v) is 8.28. The molecule has 0 amide bonds. The quantitative estimate of drug-likeness (QED) is 0.755. The van der Waals surface area contributed by atoms with Crippen LogP contribution >= 0.6 is 0 Å². The highest BCUT2D eigenvalue weighted by Gasteiger charge is 2.09. The average Bonchev–Trinajstić information content (AvgIpc) is 2.70. The maximum absolute atomic E-state index is 8.77. The number of benzene rings is 1. The van der Waals surface area contributed by atoms with Gasteiger partial charge in [0, 0.05) is 10.9 Å². The second-order valence-electron chi connectivity index (χ2n) is 3.10. The Morgan fingerprint density at radius 3 is 3.00 bits per heavy atom. The summed E-state index contributed by atoms with van der Waals surface area (Å²) in [5.74, 6) is 0.732. The fraction of sp³-hybridized carbons (Fsp3) is 0.0909. The summed E-state index contributed by atoms with van der Waals surface area (Å²) in [6.45, 7) is 3.66. The van der Waals surface area contributed by atoms with Crippen LogP contribution in [0, 0.1) is 0 Å². The van der Waals surface area contributed by atoms with Crippen LogP contribution in [0.15, 0.2) is 35.5 Å². The molecule has 4 nitrogen and oxygen atoms in total. The molecule has 1 aromatic heterocycles. The first-order valence-corrected chi connectivity index (χ1v) is 4.41. The van der Waals surface area contributed by atoms with Gasteiger partial charge >= 0.3 is 0 Å². The Morgan fingerprint density at radius 2 is 2.33 bits per heavy atom. The number of furan rings is 1. The van der Waals surface area contributed by atoms with Gasteiger partial charge in [-0.3, -0.25) is 10.7 Å². The van der Waals surface area contributed by atoms with Gasteiger partial charge in [0.2, 0.25) is 0 Å². The first kappa shape index (κ1) is 9.61. The molecule has 4 heteroatoms. The van der Waals surface area contributed by atoms with Gasteiger partial charge in [-0.05, 0) is 18.2 Å². The highest BCUT2D eigenvalue weighted by Crippen LogP contribution is 2.28. The van der Waals surface area contributed by atoms with E-state index in [1.165, 1.54) is 6.26 Å². The molecule has 0 saturated heterocycles. The minimum Gasteiger partial charge on any atom is -0.497 e. The Bertz CT molecular complexity index is 502. The lowest BCUT2D eigenvalue weighted by molar-refractivity contribution is 0.225. The molecular weight excluding hydrogens is 194 g/mol. The molecule has 2 aromatic rings. The van der Waals surface area contributed by atoms with Crippen LogP contribution in [0.3, 0.4) is 0 Å². The predicted molar refractivity (Wildman–Crippen MR) is 56.7 cm³/mol. The monoisotopic (exact) mass is 205 g/mol. The largest absolute Gasteiger partial charge is 0.497 e. The summed E-state index contributed by atoms with van der Waals surface area (Å²) >= 11 is 0. The number of hydrogen-bond donors (Lipinski definition) is 2. The minimum absolute atomic E-state index is 0.391. The maximum atomic E-state index is 8.77. The summed E-state index contributed by atoms with van der Waals surface area (Å²) in [5.41, 5.74) is 3.83. The number of fused-ring (bicyclic) bond motifs is 1. The number of ether oxygens (including phenoxy) is 1. The van der Waals surface area contributed by atoms with Crippen molar-refractivity contribution in [2.24, 2.45) is 0 Å². The third kappa shape index (κ3) is 1.55. The van der Waals surface area contributed by atoms with Gasteiger partial charge in [-0.15, -0.1) is 0 Å². The van der Waals surface area contributed by atoms with Crippen LogP contribution in [-0.2, 0) is 0 Å². The molecule has 1 heterocycles. The Morgan fingerprint density at radius 1 is 1.53 bits per heavy atom. The van der Waals surface area contributed by atoms with Gasteiger partial charge in [0.05, 0.1) is 12.8 Å². The Kier molecular flexibility index (Phi) is 2.35. The second-order valence-corrected chi connectivity index (χ2v) is 3.10. The van der Waals surface area contributed by atoms with E-state index < -0.39 is 0 Å². The second kappa shape index (κ2) is 3.67. The summed E-state index contributed by atoms with van der Waals surface area (Å²) in [4.78, 5) is 0. The fourth-order valence-corrected chi connectivity index (χ4v) is 1.43. The summed E-state index contributed by atoms with van der Waals surface area (Å²) in [5, 5.41) is 9.62. The van der Waals surface area contributed by atoms with Gasteiger partial charge in [-0.2, -0.15) is 0 Å². The number of methoxy groups -OCH3 is 1. The van der Waals surface area contributed by atoms with E-state index in [0.29, 0.717) is 11.3 Å². The van der Waals surface area contributed by atoms with Crippen molar-refractivity contribution in [3.63, 3.8) is 0 Å². The molecule has 0 bridgehead atoms. The standard InChI is InChI=1S/C11H11NO3/c1-7(12-13)10-6-15-11-4-3-8(14-2)5-9(10)11/h3-6,12-13H,1H2,2H3. The van der Waals surface area contributed by atoms with Gasteiger partial charge in [0.25, 0.3) is 0 Å². The minimum atomic E-state index is 0.391. The number of rotatable bonds is 3. The van der Waals surface area contributed by atoms with E-state index in [9.17, 15) is 0 Å². The van der Waals surface area contributed by atoms with E-state index in [4.69, 9.17) is 14.4 Å². The lowest BCUT2D eigenvalue weighted by atomic mass is 10.1. The van der Waals surface area contributed by atoms with Crippen molar-refractivity contribution >= 4 is 16.7 Å². The molecule has 0 aliphatic carbocycles. The average molecular weight is 205 g/mol. The molecule has 0 atom stereocenters. The zero-order valence-electron chi connectivity index (χ0n) is 8.28. The zero-order chi connectivity index (χ0) is 10.8. The molecule has 0 unspecified atom stereocenters. The third-order valence-corrected chi connectivity index (χ3v) is 2.24. The van der Waals surface area contributed by atoms with E-state index >= 15 is 0 Å². The van der Waals surface area contributed by atoms with Gasteiger partial charge in [-0.25, -0.2) is 0 Å². The van der Waals surface area contributed by atoms with E-state index in [1.54, 1.807) is 7.11 Å². The molecule has 0 aliphatic heterocycles. The predicted octanol–water partition coefficient (Wildman–Crippen LogP) is 2.39. The van der Waals surface area contributed by atoms with E-state index in [0.717, 1.165) is 16.7 Å². The van der Waals surface area contributed by atoms with Crippen LogP contribution in [0.5, 0.6) is 5.75 Å². The molecule has 0 fully saturated rings. The van der Waals surface area contributed by atoms with Crippen LogP contribution in [0.1, 0.15) is 5.56 Å². The molecule has 0 aliphatic rings. The van der Waals surface area contributed by atoms with Crippen molar-refractivity contribution in [2.75, 3.05) is 7.11 Å². The van der Waals surface area contributed by atoms with Crippen molar-refractivity contribution in [1.29, 1.82) is 0 Å².